The number of phenolic OH excluding ortho intramolecular Hbond substituents is 3. The molecule has 4 rings (SSSR count). The summed E-state index contributed by atoms with van der Waals surface area (Å²) in [5.74, 6) is -2.22. The van der Waals surface area contributed by atoms with E-state index in [1.807, 2.05) is 30.3 Å². The zero-order chi connectivity index (χ0) is 21.3. The second-order valence-corrected chi connectivity index (χ2v) is 7.26. The van der Waals surface area contributed by atoms with Crippen molar-refractivity contribution >= 4 is 11.8 Å². The van der Waals surface area contributed by atoms with Crippen LogP contribution in [0.5, 0.6) is 23.0 Å². The summed E-state index contributed by atoms with van der Waals surface area (Å²) in [4.78, 5) is 25.3. The summed E-state index contributed by atoms with van der Waals surface area (Å²) in [6, 6.07) is 16.8. The maximum atomic E-state index is 13.0. The molecule has 3 N–H and O–H groups in total. The minimum absolute atomic E-state index is 0.0340. The summed E-state index contributed by atoms with van der Waals surface area (Å²) in [7, 11) is 0. The van der Waals surface area contributed by atoms with Crippen molar-refractivity contribution in [3.8, 4) is 23.0 Å². The molecule has 0 aliphatic carbocycles. The lowest BCUT2D eigenvalue weighted by molar-refractivity contribution is -0.135. The van der Waals surface area contributed by atoms with Gasteiger partial charge < -0.3 is 20.1 Å². The van der Waals surface area contributed by atoms with Gasteiger partial charge in [0, 0.05) is 24.0 Å². The van der Waals surface area contributed by atoms with Crippen LogP contribution in [0.2, 0.25) is 0 Å². The number of esters is 1. The minimum atomic E-state index is -0.567. The van der Waals surface area contributed by atoms with E-state index in [9.17, 15) is 24.9 Å². The number of phenols is 3. The molecule has 152 valence electrons. The van der Waals surface area contributed by atoms with Gasteiger partial charge in [0.05, 0.1) is 6.42 Å². The van der Waals surface area contributed by atoms with Gasteiger partial charge in [-0.2, -0.15) is 0 Å². The molecule has 1 aliphatic rings. The lowest BCUT2D eigenvalue weighted by atomic mass is 9.83. The Morgan fingerprint density at radius 3 is 2.37 bits per heavy atom. The number of aryl methyl sites for hydroxylation is 1. The predicted molar refractivity (Wildman–Crippen MR) is 109 cm³/mol. The Labute approximate surface area is 173 Å². The molecule has 6 heteroatoms. The van der Waals surface area contributed by atoms with E-state index in [2.05, 4.69) is 0 Å². The number of carbonyl (C=O) groups excluding carboxylic acids is 2. The smallest absolute Gasteiger partial charge is 0.312 e. The average molecular weight is 404 g/mol. The first-order valence-electron chi connectivity index (χ1n) is 9.59. The van der Waals surface area contributed by atoms with E-state index in [-0.39, 0.29) is 47.0 Å². The number of hydrogen-bond acceptors (Lipinski definition) is 6. The number of hydrogen-bond donors (Lipinski definition) is 3. The Morgan fingerprint density at radius 1 is 0.967 bits per heavy atom. The molecule has 3 aromatic rings. The Bertz CT molecular complexity index is 1100. The van der Waals surface area contributed by atoms with E-state index in [1.54, 1.807) is 12.1 Å². The molecule has 0 bridgehead atoms. The Hall–Kier alpha value is -3.80. The molecule has 30 heavy (non-hydrogen) atoms. The molecule has 0 radical (unpaired) electrons. The standard InChI is InChI=1S/C24H20O6/c25-16-9-7-15(8-10-16)17-12-21(29)30-24-22(17)19(27)13-20(28)23(24)18(26)11-6-14-4-2-1-3-5-14/h1-5,7-10,13,17,25,27-28H,6,11-12H2/t17-/m1/s1. The summed E-state index contributed by atoms with van der Waals surface area (Å²) in [6.07, 6.45) is 0.536. The Morgan fingerprint density at radius 2 is 1.67 bits per heavy atom. The highest BCUT2D eigenvalue weighted by Gasteiger charge is 2.36. The topological polar surface area (TPSA) is 104 Å². The highest BCUT2D eigenvalue weighted by molar-refractivity contribution is 6.03. The third-order valence-electron chi connectivity index (χ3n) is 5.27. The third kappa shape index (κ3) is 3.72. The van der Waals surface area contributed by atoms with Crippen molar-refractivity contribution in [1.29, 1.82) is 0 Å². The van der Waals surface area contributed by atoms with Gasteiger partial charge in [0.25, 0.3) is 0 Å². The largest absolute Gasteiger partial charge is 0.508 e. The van der Waals surface area contributed by atoms with Crippen molar-refractivity contribution in [2.24, 2.45) is 0 Å². The Kier molecular flexibility index (Phi) is 5.14. The summed E-state index contributed by atoms with van der Waals surface area (Å²) in [6.45, 7) is 0. The molecule has 0 unspecified atom stereocenters. The van der Waals surface area contributed by atoms with Crippen LogP contribution in [-0.4, -0.2) is 27.1 Å². The number of ether oxygens (including phenoxy) is 1. The molecule has 0 aromatic heterocycles. The minimum Gasteiger partial charge on any atom is -0.508 e. The van der Waals surface area contributed by atoms with Crippen LogP contribution >= 0.6 is 0 Å². The Balaban J connectivity index is 1.74. The predicted octanol–water partition coefficient (Wildman–Crippen LogP) is 4.06. The maximum Gasteiger partial charge on any atom is 0.312 e. The fraction of sp³-hybridized carbons (Fsp3) is 0.167. The number of fused-ring (bicyclic) bond motifs is 1. The van der Waals surface area contributed by atoms with Gasteiger partial charge in [-0.05, 0) is 29.7 Å². The number of rotatable bonds is 5. The van der Waals surface area contributed by atoms with Crippen LogP contribution in [0.25, 0.3) is 0 Å². The van der Waals surface area contributed by atoms with Crippen LogP contribution in [-0.2, 0) is 11.2 Å². The van der Waals surface area contributed by atoms with E-state index < -0.39 is 17.6 Å². The van der Waals surface area contributed by atoms with E-state index in [0.717, 1.165) is 11.6 Å². The number of ketones is 1. The van der Waals surface area contributed by atoms with Gasteiger partial charge >= 0.3 is 5.97 Å². The molecule has 3 aromatic carbocycles. The average Bonchev–Trinajstić information content (AvgIpc) is 2.72. The molecule has 6 nitrogen and oxygen atoms in total. The molecule has 1 aliphatic heterocycles. The first kappa shape index (κ1) is 19.5. The van der Waals surface area contributed by atoms with Crippen molar-refractivity contribution in [3.05, 3.63) is 82.9 Å². The molecule has 0 saturated heterocycles. The number of benzene rings is 3. The first-order chi connectivity index (χ1) is 14.4. The van der Waals surface area contributed by atoms with Crippen LogP contribution in [0, 0.1) is 0 Å². The highest BCUT2D eigenvalue weighted by Crippen LogP contribution is 2.48. The molecular weight excluding hydrogens is 384 g/mol. The van der Waals surface area contributed by atoms with Crippen LogP contribution in [0.1, 0.15) is 45.8 Å². The second-order valence-electron chi connectivity index (χ2n) is 7.26. The monoisotopic (exact) mass is 404 g/mol. The van der Waals surface area contributed by atoms with Gasteiger partial charge in [-0.25, -0.2) is 0 Å². The molecule has 0 amide bonds. The van der Waals surface area contributed by atoms with Crippen LogP contribution < -0.4 is 4.74 Å². The van der Waals surface area contributed by atoms with Crippen LogP contribution in [0.3, 0.4) is 0 Å². The van der Waals surface area contributed by atoms with E-state index in [4.69, 9.17) is 4.74 Å². The zero-order valence-corrected chi connectivity index (χ0v) is 16.0. The first-order valence-corrected chi connectivity index (χ1v) is 9.59. The van der Waals surface area contributed by atoms with E-state index in [0.29, 0.717) is 12.0 Å². The van der Waals surface area contributed by atoms with Gasteiger partial charge in [0.1, 0.15) is 22.8 Å². The van der Waals surface area contributed by atoms with Crippen molar-refractivity contribution in [3.63, 3.8) is 0 Å². The molecule has 1 heterocycles. The third-order valence-corrected chi connectivity index (χ3v) is 5.27. The van der Waals surface area contributed by atoms with E-state index >= 15 is 0 Å². The molecule has 0 fully saturated rings. The fourth-order valence-electron chi connectivity index (χ4n) is 3.80. The fourth-order valence-corrected chi connectivity index (χ4v) is 3.80. The van der Waals surface area contributed by atoms with Gasteiger partial charge in [-0.1, -0.05) is 42.5 Å². The lowest BCUT2D eigenvalue weighted by Crippen LogP contribution is -2.23. The van der Waals surface area contributed by atoms with Crippen molar-refractivity contribution in [1.82, 2.24) is 0 Å². The van der Waals surface area contributed by atoms with Gasteiger partial charge in [-0.15, -0.1) is 0 Å². The van der Waals surface area contributed by atoms with E-state index in [1.165, 1.54) is 12.1 Å². The SMILES string of the molecule is O=C1C[C@H](c2ccc(O)cc2)c2c(O)cc(O)c(C(=O)CCc3ccccc3)c2O1. The number of carbonyl (C=O) groups is 2. The van der Waals surface area contributed by atoms with Crippen LogP contribution in [0.15, 0.2) is 60.7 Å². The maximum absolute atomic E-state index is 13.0. The molecule has 0 saturated carbocycles. The zero-order valence-electron chi connectivity index (χ0n) is 16.0. The molecule has 0 spiro atoms. The second kappa shape index (κ2) is 7.91. The molecule has 1 atom stereocenters. The summed E-state index contributed by atoms with van der Waals surface area (Å²) in [5.41, 5.74) is 1.82. The van der Waals surface area contributed by atoms with Gasteiger partial charge in [0.2, 0.25) is 0 Å². The summed E-state index contributed by atoms with van der Waals surface area (Å²) in [5, 5.41) is 30.4. The summed E-state index contributed by atoms with van der Waals surface area (Å²) < 4.78 is 5.34. The number of Topliss-reactive ketones (excluding diaryl/α,β-unsaturated/α-hetero) is 1. The number of aromatic hydroxyl groups is 3. The van der Waals surface area contributed by atoms with Gasteiger partial charge in [0.15, 0.2) is 11.5 Å². The molecular formula is C24H20O6. The van der Waals surface area contributed by atoms with Gasteiger partial charge in [-0.3, -0.25) is 9.59 Å². The van der Waals surface area contributed by atoms with Crippen molar-refractivity contribution < 1.29 is 29.6 Å². The highest BCUT2D eigenvalue weighted by atomic mass is 16.5. The quantitative estimate of drug-likeness (QED) is 0.337. The van der Waals surface area contributed by atoms with Crippen molar-refractivity contribution in [2.75, 3.05) is 0 Å². The van der Waals surface area contributed by atoms with Crippen molar-refractivity contribution in [2.45, 2.75) is 25.2 Å². The summed E-state index contributed by atoms with van der Waals surface area (Å²) >= 11 is 0. The van der Waals surface area contributed by atoms with Crippen LogP contribution in [0.4, 0.5) is 0 Å². The lowest BCUT2D eigenvalue weighted by Gasteiger charge is -2.27. The normalized spacial score (nSPS) is 15.3.